The van der Waals surface area contributed by atoms with Crippen LogP contribution in [0.25, 0.3) is 22.2 Å². The van der Waals surface area contributed by atoms with E-state index in [2.05, 4.69) is 141 Å². The van der Waals surface area contributed by atoms with E-state index in [-0.39, 0.29) is 41.2 Å². The predicted molar refractivity (Wildman–Crippen MR) is 244 cm³/mol. The molecule has 4 heteroatoms. The number of aromatic nitrogens is 1. The molecule has 10 bridgehead atoms. The molecule has 1 heterocycles. The van der Waals surface area contributed by atoms with Crippen LogP contribution in [0.3, 0.4) is 0 Å². The Kier molecular flexibility index (Phi) is 8.76. The minimum atomic E-state index is -2.53. The smallest absolute Gasteiger partial charge is 0.104 e. The van der Waals surface area contributed by atoms with E-state index < -0.39 is 7.14 Å². The maximum absolute atomic E-state index is 15.9. The molecule has 5 aromatic carbocycles. The van der Waals surface area contributed by atoms with Gasteiger partial charge in [-0.25, -0.2) is 0 Å². The predicted octanol–water partition coefficient (Wildman–Crippen LogP) is 13.4. The van der Waals surface area contributed by atoms with E-state index in [4.69, 9.17) is 4.98 Å². The molecular formula is C57H56IrNOP-2. The molecule has 0 saturated heterocycles. The van der Waals surface area contributed by atoms with Gasteiger partial charge in [0.05, 0.1) is 5.52 Å². The van der Waals surface area contributed by atoms with Crippen molar-refractivity contribution < 1.29 is 24.7 Å². The number of fused-ring (bicyclic) bond motifs is 1. The van der Waals surface area contributed by atoms with Gasteiger partial charge in [0, 0.05) is 41.2 Å². The number of para-hydroxylation sites is 1. The molecule has 6 aromatic rings. The van der Waals surface area contributed by atoms with Gasteiger partial charge in [-0.05, 0) is 159 Å². The van der Waals surface area contributed by atoms with E-state index in [9.17, 15) is 0 Å². The molecule has 61 heavy (non-hydrogen) atoms. The van der Waals surface area contributed by atoms with E-state index in [1.165, 1.54) is 116 Å². The van der Waals surface area contributed by atoms with Gasteiger partial charge in [-0.2, -0.15) is 30.3 Å². The summed E-state index contributed by atoms with van der Waals surface area (Å²) < 4.78 is 15.9. The Labute approximate surface area is 376 Å². The van der Waals surface area contributed by atoms with Crippen LogP contribution in [-0.4, -0.2) is 15.3 Å². The van der Waals surface area contributed by atoms with Crippen molar-refractivity contribution in [3.63, 3.8) is 0 Å². The van der Waals surface area contributed by atoms with Gasteiger partial charge in [0.1, 0.15) is 7.14 Å². The van der Waals surface area contributed by atoms with E-state index >= 15 is 4.57 Å². The van der Waals surface area contributed by atoms with Gasteiger partial charge in [0.2, 0.25) is 0 Å². The van der Waals surface area contributed by atoms with Gasteiger partial charge in [0.15, 0.2) is 0 Å². The fourth-order valence-electron chi connectivity index (χ4n) is 16.8. The van der Waals surface area contributed by atoms with Crippen molar-refractivity contribution >= 4 is 23.3 Å². The van der Waals surface area contributed by atoms with Crippen LogP contribution >= 0.6 is 7.14 Å². The van der Waals surface area contributed by atoms with Crippen LogP contribution in [0.5, 0.6) is 0 Å². The second kappa shape index (κ2) is 13.7. The summed E-state index contributed by atoms with van der Waals surface area (Å²) in [4.78, 5) is 4.95. The van der Waals surface area contributed by atoms with E-state index in [0.29, 0.717) is 0 Å². The van der Waals surface area contributed by atoms with Crippen LogP contribution in [0, 0.1) is 47.6 Å². The SMILES string of the molecule is CC12c3c[c-]c(-c4ccc5ccccc5n4)cc3C(C)(c3ccccc31)c1ccccc12.O=P(c1[c-]cccc1)(C12CC3CC(CC(C3)C1)C2)C12CC3CC(CC(C3)C1)C2.[Ir]. The molecule has 8 saturated carbocycles. The first-order valence-corrected chi connectivity index (χ1v) is 25.1. The molecule has 11 aliphatic rings. The zero-order chi connectivity index (χ0) is 40.1. The van der Waals surface area contributed by atoms with Crippen molar-refractivity contribution in [2.45, 2.75) is 112 Å². The average molecular weight is 994 g/mol. The molecule has 2 nitrogen and oxygen atoms in total. The van der Waals surface area contributed by atoms with Gasteiger partial charge in [-0.15, -0.1) is 40.2 Å². The van der Waals surface area contributed by atoms with Gasteiger partial charge >= 0.3 is 0 Å². The number of hydrogen-bond acceptors (Lipinski definition) is 2. The molecule has 8 fully saturated rings. The minimum absolute atomic E-state index is 0. The number of rotatable bonds is 4. The minimum Gasteiger partial charge on any atom is -0.320 e. The first-order valence-electron chi connectivity index (χ1n) is 23.4. The van der Waals surface area contributed by atoms with Crippen LogP contribution in [0.2, 0.25) is 0 Å². The molecule has 311 valence electrons. The van der Waals surface area contributed by atoms with E-state index in [1.54, 1.807) is 0 Å². The van der Waals surface area contributed by atoms with Crippen LogP contribution in [0.15, 0.2) is 121 Å². The maximum atomic E-state index is 15.9. The Morgan fingerprint density at radius 1 is 0.525 bits per heavy atom. The van der Waals surface area contributed by atoms with Crippen molar-refractivity contribution in [3.8, 4) is 11.3 Å². The maximum Gasteiger partial charge on any atom is 0.104 e. The van der Waals surface area contributed by atoms with Gasteiger partial charge in [-0.3, -0.25) is 4.98 Å². The molecule has 0 unspecified atom stereocenters. The zero-order valence-electron chi connectivity index (χ0n) is 35.6. The third-order valence-corrected chi connectivity index (χ3v) is 23.0. The fourth-order valence-corrected chi connectivity index (χ4v) is 22.4. The topological polar surface area (TPSA) is 30.0 Å². The Balaban J connectivity index is 0.000000130. The third-order valence-electron chi connectivity index (χ3n) is 18.3. The van der Waals surface area contributed by atoms with Crippen molar-refractivity contribution in [1.29, 1.82) is 0 Å². The third kappa shape index (κ3) is 5.30. The second-order valence-corrected chi connectivity index (χ2v) is 25.1. The van der Waals surface area contributed by atoms with Gasteiger partial charge < -0.3 is 4.57 Å². The summed E-state index contributed by atoms with van der Waals surface area (Å²) >= 11 is 0. The second-order valence-electron chi connectivity index (χ2n) is 21.5. The summed E-state index contributed by atoms with van der Waals surface area (Å²) in [7, 11) is -2.53. The number of hydrogen-bond donors (Lipinski definition) is 0. The van der Waals surface area contributed by atoms with Crippen LogP contribution in [-0.2, 0) is 35.5 Å². The molecule has 17 rings (SSSR count). The van der Waals surface area contributed by atoms with Gasteiger partial charge in [0.25, 0.3) is 0 Å². The average Bonchev–Trinajstić information content (AvgIpc) is 3.27. The summed E-state index contributed by atoms with van der Waals surface area (Å²) in [5, 5.41) is 2.59. The van der Waals surface area contributed by atoms with E-state index in [0.717, 1.165) is 57.7 Å². The molecule has 1 radical (unpaired) electrons. The largest absolute Gasteiger partial charge is 0.320 e. The fraction of sp³-hybridized carbons (Fsp3) is 0.421. The standard InChI is InChI=1S/C31H22N.C26H34OP.Ir/c1-30-22-10-4-6-12-24(22)31(2,25-13-7-5-11-23(25)30)27-19-21(15-17-26(27)30)29-18-16-20-9-3-8-14-28(20)32-29;27-28(24-4-2-1-3-5-24,25-12-18-6-19(13-25)8-20(7-18)14-25)26-15-21-9-22(16-26)11-23(10-21)17-26;/h3-14,16-19H,1-2H3;1-4,18-23H,6-17H2;/q2*-1;. The molecule has 0 atom stereocenters. The number of benzene rings is 5. The molecular weight excluding hydrogens is 938 g/mol. The number of nitrogens with zero attached hydrogens (tertiary/aromatic N) is 1. The normalized spacial score (nSPS) is 35.9. The molecule has 1 aromatic heterocycles. The first-order chi connectivity index (χ1) is 29.2. The van der Waals surface area contributed by atoms with Crippen molar-refractivity contribution in [2.75, 3.05) is 0 Å². The molecule has 0 amide bonds. The van der Waals surface area contributed by atoms with Crippen LogP contribution in [0.4, 0.5) is 0 Å². The summed E-state index contributed by atoms with van der Waals surface area (Å²) in [5.74, 6) is 5.23. The summed E-state index contributed by atoms with van der Waals surface area (Å²) in [6.45, 7) is 4.77. The van der Waals surface area contributed by atoms with E-state index in [1.807, 2.05) is 6.07 Å². The summed E-state index contributed by atoms with van der Waals surface area (Å²) in [6.07, 6.45) is 16.3. The quantitative estimate of drug-likeness (QED) is 0.130. The molecule has 0 spiro atoms. The molecule has 0 N–H and O–H groups in total. The van der Waals surface area contributed by atoms with Crippen LogP contribution in [0.1, 0.15) is 124 Å². The van der Waals surface area contributed by atoms with Crippen LogP contribution < -0.4 is 5.30 Å². The Hall–Kier alpha value is -3.61. The molecule has 0 aliphatic heterocycles. The summed E-state index contributed by atoms with van der Waals surface area (Å²) in [6, 6.07) is 50.8. The van der Waals surface area contributed by atoms with Crippen molar-refractivity contribution in [1.82, 2.24) is 4.98 Å². The molecule has 11 aliphatic carbocycles. The Morgan fingerprint density at radius 2 is 0.984 bits per heavy atom. The first kappa shape index (κ1) is 39.0. The van der Waals surface area contributed by atoms with Gasteiger partial charge in [-0.1, -0.05) is 85.8 Å². The summed E-state index contributed by atoms with van der Waals surface area (Å²) in [5.41, 5.74) is 11.1. The monoisotopic (exact) mass is 994 g/mol. The van der Waals surface area contributed by atoms with Crippen molar-refractivity contribution in [2.24, 2.45) is 35.5 Å². The number of pyridine rings is 1. The Bertz CT molecular complexity index is 2600. The zero-order valence-corrected chi connectivity index (χ0v) is 38.9. The Morgan fingerprint density at radius 3 is 1.48 bits per heavy atom. The van der Waals surface area contributed by atoms with Crippen molar-refractivity contribution in [3.05, 3.63) is 167 Å².